The summed E-state index contributed by atoms with van der Waals surface area (Å²) >= 11 is 3.28. The summed E-state index contributed by atoms with van der Waals surface area (Å²) in [6.45, 7) is 0. The van der Waals surface area contributed by atoms with E-state index in [-0.39, 0.29) is 5.56 Å². The van der Waals surface area contributed by atoms with Crippen molar-refractivity contribution in [1.29, 1.82) is 0 Å². The largest absolute Gasteiger partial charge is 0.375 e. The third kappa shape index (κ3) is 2.44. The Morgan fingerprint density at radius 2 is 1.91 bits per heavy atom. The van der Waals surface area contributed by atoms with E-state index in [9.17, 15) is 19.1 Å². The molecule has 0 radical (unpaired) electrons. The molecule has 0 saturated heterocycles. The Morgan fingerprint density at radius 1 is 1.23 bits per heavy atom. The lowest BCUT2D eigenvalue weighted by Gasteiger charge is -2.20. The first-order valence-electron chi connectivity index (χ1n) is 6.53. The van der Waals surface area contributed by atoms with Crippen molar-refractivity contribution in [3.63, 3.8) is 0 Å². The minimum atomic E-state index is -1.93. The zero-order valence-electron chi connectivity index (χ0n) is 11.3. The van der Waals surface area contributed by atoms with Gasteiger partial charge in [0.1, 0.15) is 5.82 Å². The summed E-state index contributed by atoms with van der Waals surface area (Å²) in [6.07, 6.45) is -0.409. The lowest BCUT2D eigenvalue weighted by atomic mass is 9.88. The minimum Gasteiger partial charge on any atom is -0.375 e. The highest BCUT2D eigenvalue weighted by Gasteiger charge is 2.46. The molecule has 0 unspecified atom stereocenters. The monoisotopic (exact) mass is 363 g/mol. The maximum Gasteiger partial charge on any atom is 0.261 e. The van der Waals surface area contributed by atoms with Crippen molar-refractivity contribution >= 4 is 33.3 Å². The summed E-state index contributed by atoms with van der Waals surface area (Å²) in [4.78, 5) is 24.4. The number of rotatable bonds is 3. The van der Waals surface area contributed by atoms with E-state index in [2.05, 4.69) is 21.2 Å². The van der Waals surface area contributed by atoms with Gasteiger partial charge in [0.2, 0.25) is 0 Å². The Balaban J connectivity index is 1.94. The summed E-state index contributed by atoms with van der Waals surface area (Å²) in [5, 5.41) is 13.3. The van der Waals surface area contributed by atoms with Crippen molar-refractivity contribution < 1.29 is 19.1 Å². The summed E-state index contributed by atoms with van der Waals surface area (Å²) in [5.41, 5.74) is -0.860. The predicted octanol–water partition coefficient (Wildman–Crippen LogP) is 3.00. The zero-order chi connectivity index (χ0) is 15.9. The third-order valence-corrected chi connectivity index (χ3v) is 4.13. The number of Topliss-reactive ketones (excluding diaryl/α,β-unsaturated/α-hetero) is 1. The van der Waals surface area contributed by atoms with Gasteiger partial charge in [-0.15, -0.1) is 0 Å². The van der Waals surface area contributed by atoms with Gasteiger partial charge in [-0.25, -0.2) is 4.39 Å². The van der Waals surface area contributed by atoms with Crippen molar-refractivity contribution in [3.8, 4) is 0 Å². The van der Waals surface area contributed by atoms with Gasteiger partial charge in [-0.1, -0.05) is 15.9 Å². The van der Waals surface area contributed by atoms with Crippen LogP contribution in [0.15, 0.2) is 46.9 Å². The number of amides is 1. The number of nitrogens with one attached hydrogen (secondary N) is 1. The van der Waals surface area contributed by atoms with Crippen molar-refractivity contribution in [1.82, 2.24) is 0 Å². The van der Waals surface area contributed by atoms with Crippen LogP contribution >= 0.6 is 15.9 Å². The van der Waals surface area contributed by atoms with E-state index < -0.39 is 29.5 Å². The van der Waals surface area contributed by atoms with Gasteiger partial charge in [-0.2, -0.15) is 0 Å². The maximum absolute atomic E-state index is 12.9. The van der Waals surface area contributed by atoms with Crippen LogP contribution in [0.2, 0.25) is 0 Å². The number of carbonyl (C=O) groups excluding carboxylic acids is 2. The molecule has 3 rings (SSSR count). The fourth-order valence-corrected chi connectivity index (χ4v) is 2.82. The van der Waals surface area contributed by atoms with Crippen LogP contribution in [0.4, 0.5) is 10.1 Å². The van der Waals surface area contributed by atoms with E-state index in [0.29, 0.717) is 15.7 Å². The quantitative estimate of drug-likeness (QED) is 0.823. The topological polar surface area (TPSA) is 66.4 Å². The first-order valence-corrected chi connectivity index (χ1v) is 7.32. The SMILES string of the molecule is O=C(C[C@@]1(O)C(=O)Nc2ccc(Br)cc21)c1ccc(F)cc1. The van der Waals surface area contributed by atoms with E-state index in [1.807, 2.05) is 0 Å². The molecule has 1 aliphatic heterocycles. The van der Waals surface area contributed by atoms with Crippen molar-refractivity contribution in [2.24, 2.45) is 0 Å². The van der Waals surface area contributed by atoms with Crippen molar-refractivity contribution in [3.05, 3.63) is 63.9 Å². The molecule has 2 N–H and O–H groups in total. The molecule has 112 valence electrons. The van der Waals surface area contributed by atoms with Gasteiger partial charge < -0.3 is 10.4 Å². The number of carbonyl (C=O) groups is 2. The van der Waals surface area contributed by atoms with Gasteiger partial charge in [0.15, 0.2) is 11.4 Å². The minimum absolute atomic E-state index is 0.242. The van der Waals surface area contributed by atoms with Crippen LogP contribution < -0.4 is 5.32 Å². The number of anilines is 1. The second-order valence-corrected chi connectivity index (χ2v) is 6.03. The Morgan fingerprint density at radius 3 is 2.59 bits per heavy atom. The van der Waals surface area contributed by atoms with Gasteiger partial charge in [-0.3, -0.25) is 9.59 Å². The number of fused-ring (bicyclic) bond motifs is 1. The highest BCUT2D eigenvalue weighted by molar-refractivity contribution is 9.10. The summed E-state index contributed by atoms with van der Waals surface area (Å²) in [5.74, 6) is -1.54. The van der Waals surface area contributed by atoms with E-state index in [1.54, 1.807) is 18.2 Å². The molecule has 0 saturated carbocycles. The van der Waals surface area contributed by atoms with Crippen LogP contribution in [0.5, 0.6) is 0 Å². The molecular weight excluding hydrogens is 353 g/mol. The highest BCUT2D eigenvalue weighted by Crippen LogP contribution is 2.40. The number of hydrogen-bond donors (Lipinski definition) is 2. The average Bonchev–Trinajstić information content (AvgIpc) is 2.71. The van der Waals surface area contributed by atoms with Gasteiger partial charge >= 0.3 is 0 Å². The number of hydrogen-bond acceptors (Lipinski definition) is 3. The molecule has 6 heteroatoms. The molecule has 1 atom stereocenters. The van der Waals surface area contributed by atoms with Crippen molar-refractivity contribution in [2.75, 3.05) is 5.32 Å². The first kappa shape index (κ1) is 14.9. The van der Waals surface area contributed by atoms with Gasteiger partial charge in [-0.05, 0) is 42.5 Å². The van der Waals surface area contributed by atoms with Crippen LogP contribution in [-0.4, -0.2) is 16.8 Å². The molecule has 0 aliphatic carbocycles. The first-order chi connectivity index (χ1) is 10.4. The second-order valence-electron chi connectivity index (χ2n) is 5.11. The normalized spacial score (nSPS) is 19.7. The van der Waals surface area contributed by atoms with E-state index in [1.165, 1.54) is 12.1 Å². The second kappa shape index (κ2) is 5.30. The van der Waals surface area contributed by atoms with Crippen LogP contribution in [0.1, 0.15) is 22.3 Å². The van der Waals surface area contributed by atoms with Gasteiger partial charge in [0.25, 0.3) is 5.91 Å². The Labute approximate surface area is 134 Å². The molecular formula is C16H11BrFNO3. The van der Waals surface area contributed by atoms with Crippen LogP contribution in [0, 0.1) is 5.82 Å². The van der Waals surface area contributed by atoms with Crippen LogP contribution in [0.3, 0.4) is 0 Å². The van der Waals surface area contributed by atoms with Crippen molar-refractivity contribution in [2.45, 2.75) is 12.0 Å². The molecule has 22 heavy (non-hydrogen) atoms. The fraction of sp³-hybridized carbons (Fsp3) is 0.125. The number of ketones is 1. The lowest BCUT2D eigenvalue weighted by Crippen LogP contribution is -2.36. The summed E-state index contributed by atoms with van der Waals surface area (Å²) in [7, 11) is 0. The zero-order valence-corrected chi connectivity index (χ0v) is 12.9. The molecule has 0 bridgehead atoms. The number of aliphatic hydroxyl groups is 1. The highest BCUT2D eigenvalue weighted by atomic mass is 79.9. The van der Waals surface area contributed by atoms with Crippen LogP contribution in [0.25, 0.3) is 0 Å². The fourth-order valence-electron chi connectivity index (χ4n) is 2.46. The van der Waals surface area contributed by atoms with E-state index in [4.69, 9.17) is 0 Å². The smallest absolute Gasteiger partial charge is 0.261 e. The molecule has 4 nitrogen and oxygen atoms in total. The summed E-state index contributed by atoms with van der Waals surface area (Å²) < 4.78 is 13.6. The molecule has 0 aromatic heterocycles. The Kier molecular flexibility index (Phi) is 3.58. The standard InChI is InChI=1S/C16H11BrFNO3/c17-10-3-6-13-12(7-10)16(22,15(21)19-13)8-14(20)9-1-4-11(18)5-2-9/h1-7,22H,8H2,(H,19,21)/t16-/m0/s1. The molecule has 1 aliphatic rings. The Hall–Kier alpha value is -2.05. The van der Waals surface area contributed by atoms with Gasteiger partial charge in [0, 0.05) is 21.3 Å². The summed E-state index contributed by atoms with van der Waals surface area (Å²) in [6, 6.07) is 9.97. The average molecular weight is 364 g/mol. The Bertz CT molecular complexity index is 775. The van der Waals surface area contributed by atoms with E-state index in [0.717, 1.165) is 12.1 Å². The number of halogens is 2. The molecule has 1 heterocycles. The van der Waals surface area contributed by atoms with Gasteiger partial charge in [0.05, 0.1) is 6.42 Å². The third-order valence-electron chi connectivity index (χ3n) is 3.63. The van der Waals surface area contributed by atoms with E-state index >= 15 is 0 Å². The molecule has 0 fully saturated rings. The lowest BCUT2D eigenvalue weighted by molar-refractivity contribution is -0.133. The molecule has 1 amide bonds. The predicted molar refractivity (Wildman–Crippen MR) is 82.0 cm³/mol. The van der Waals surface area contributed by atoms with Crippen LogP contribution in [-0.2, 0) is 10.4 Å². The number of benzene rings is 2. The molecule has 2 aromatic carbocycles. The molecule has 2 aromatic rings. The molecule has 0 spiro atoms. The maximum atomic E-state index is 12.9.